The summed E-state index contributed by atoms with van der Waals surface area (Å²) in [6.07, 6.45) is 0.784. The highest BCUT2D eigenvalue weighted by Gasteiger charge is 2.41. The van der Waals surface area contributed by atoms with Gasteiger partial charge in [0.1, 0.15) is 29.8 Å². The average Bonchev–Trinajstić information content (AvgIpc) is 2.92. The van der Waals surface area contributed by atoms with Crippen LogP contribution in [0.2, 0.25) is 5.02 Å². The van der Waals surface area contributed by atoms with E-state index in [0.29, 0.717) is 41.2 Å². The number of ether oxygens (including phenoxy) is 3. The van der Waals surface area contributed by atoms with Gasteiger partial charge in [0.25, 0.3) is 0 Å². The molecule has 6 nitrogen and oxygen atoms in total. The summed E-state index contributed by atoms with van der Waals surface area (Å²) in [7, 11) is 1.47. The lowest BCUT2D eigenvalue weighted by atomic mass is 9.73. The molecule has 2 aliphatic rings. The first-order chi connectivity index (χ1) is 18.4. The molecule has 1 aliphatic heterocycles. The van der Waals surface area contributed by atoms with Gasteiger partial charge in [0.2, 0.25) is 5.88 Å². The van der Waals surface area contributed by atoms with Crippen molar-refractivity contribution in [1.29, 1.82) is 5.26 Å². The van der Waals surface area contributed by atoms with E-state index < -0.39 is 11.7 Å². The van der Waals surface area contributed by atoms with E-state index in [1.54, 1.807) is 24.3 Å². The minimum absolute atomic E-state index is 0.0220. The SMILES string of the molecule is COc1cc([C@H]2C(C#N)=C(N)OC3=C2C(=O)C[C@@H](c2ccccc2)C3)ccc1OCc1c(F)cccc1Cl. The number of benzene rings is 3. The number of allylic oxidation sites excluding steroid dienone is 3. The number of halogens is 2. The van der Waals surface area contributed by atoms with Crippen molar-refractivity contribution >= 4 is 17.4 Å². The van der Waals surface area contributed by atoms with Crippen LogP contribution in [0.4, 0.5) is 4.39 Å². The highest BCUT2D eigenvalue weighted by molar-refractivity contribution is 6.31. The quantitative estimate of drug-likeness (QED) is 0.403. The number of hydrogen-bond donors (Lipinski definition) is 1. The Morgan fingerprint density at radius 2 is 1.87 bits per heavy atom. The number of nitrogens with two attached hydrogens (primary N) is 1. The molecule has 0 amide bonds. The number of nitriles is 1. The van der Waals surface area contributed by atoms with Gasteiger partial charge in [-0.2, -0.15) is 5.26 Å². The lowest BCUT2D eigenvalue weighted by Gasteiger charge is -2.34. The van der Waals surface area contributed by atoms with Gasteiger partial charge in [-0.3, -0.25) is 4.79 Å². The van der Waals surface area contributed by atoms with Crippen molar-refractivity contribution in [2.75, 3.05) is 7.11 Å². The van der Waals surface area contributed by atoms with Crippen LogP contribution in [0.1, 0.15) is 41.4 Å². The fourth-order valence-corrected chi connectivity index (χ4v) is 5.22. The van der Waals surface area contributed by atoms with E-state index in [1.165, 1.54) is 19.2 Å². The molecule has 1 heterocycles. The van der Waals surface area contributed by atoms with Gasteiger partial charge in [0.15, 0.2) is 17.3 Å². The van der Waals surface area contributed by atoms with E-state index in [9.17, 15) is 14.4 Å². The fraction of sp³-hybridized carbons (Fsp3) is 0.200. The van der Waals surface area contributed by atoms with Crippen LogP contribution in [0, 0.1) is 17.1 Å². The second-order valence-corrected chi connectivity index (χ2v) is 9.51. The highest BCUT2D eigenvalue weighted by Crippen LogP contribution is 2.47. The van der Waals surface area contributed by atoms with Crippen LogP contribution in [0.3, 0.4) is 0 Å². The molecule has 0 aromatic heterocycles. The molecule has 3 aromatic carbocycles. The molecule has 0 bridgehead atoms. The Morgan fingerprint density at radius 1 is 1.08 bits per heavy atom. The van der Waals surface area contributed by atoms with E-state index in [2.05, 4.69) is 6.07 Å². The van der Waals surface area contributed by atoms with Gasteiger partial charge in [-0.05, 0) is 41.3 Å². The normalized spacial score (nSPS) is 18.9. The maximum absolute atomic E-state index is 14.2. The summed E-state index contributed by atoms with van der Waals surface area (Å²) in [5.41, 5.74) is 8.66. The van der Waals surface area contributed by atoms with Crippen LogP contribution >= 0.6 is 11.6 Å². The highest BCUT2D eigenvalue weighted by atomic mass is 35.5. The average molecular weight is 531 g/mol. The predicted molar refractivity (Wildman–Crippen MR) is 140 cm³/mol. The molecule has 2 atom stereocenters. The third-order valence-corrected chi connectivity index (χ3v) is 7.24. The number of rotatable bonds is 6. The number of nitrogens with zero attached hydrogens (tertiary/aromatic N) is 1. The van der Waals surface area contributed by atoms with Crippen LogP contribution in [-0.4, -0.2) is 12.9 Å². The van der Waals surface area contributed by atoms with E-state index in [1.807, 2.05) is 30.3 Å². The minimum Gasteiger partial charge on any atom is -0.493 e. The van der Waals surface area contributed by atoms with Crippen LogP contribution in [0.15, 0.2) is 89.5 Å². The molecule has 192 valence electrons. The van der Waals surface area contributed by atoms with E-state index in [4.69, 9.17) is 31.5 Å². The molecule has 0 unspecified atom stereocenters. The molecule has 0 saturated heterocycles. The number of carbonyl (C=O) groups is 1. The maximum atomic E-state index is 14.2. The van der Waals surface area contributed by atoms with Crippen LogP contribution in [-0.2, 0) is 16.1 Å². The third-order valence-electron chi connectivity index (χ3n) is 6.89. The number of Topliss-reactive ketones (excluding diaryl/α,β-unsaturated/α-hetero) is 1. The Labute approximate surface area is 224 Å². The number of carbonyl (C=O) groups excluding carboxylic acids is 1. The van der Waals surface area contributed by atoms with Crippen molar-refractivity contribution in [2.24, 2.45) is 5.73 Å². The van der Waals surface area contributed by atoms with Crippen molar-refractivity contribution in [3.8, 4) is 17.6 Å². The number of ketones is 1. The zero-order valence-electron chi connectivity index (χ0n) is 20.5. The fourth-order valence-electron chi connectivity index (χ4n) is 5.01. The molecular formula is C30H24ClFN2O4. The molecule has 0 radical (unpaired) electrons. The van der Waals surface area contributed by atoms with Gasteiger partial charge in [-0.15, -0.1) is 0 Å². The monoisotopic (exact) mass is 530 g/mol. The predicted octanol–water partition coefficient (Wildman–Crippen LogP) is 6.28. The topological polar surface area (TPSA) is 94.6 Å². The van der Waals surface area contributed by atoms with E-state index in [0.717, 1.165) is 5.56 Å². The molecule has 38 heavy (non-hydrogen) atoms. The maximum Gasteiger partial charge on any atom is 0.205 e. The second-order valence-electron chi connectivity index (χ2n) is 9.10. The summed E-state index contributed by atoms with van der Waals surface area (Å²) in [6, 6.07) is 21.4. The third kappa shape index (κ3) is 4.71. The molecule has 0 saturated carbocycles. The van der Waals surface area contributed by atoms with Gasteiger partial charge >= 0.3 is 0 Å². The zero-order valence-corrected chi connectivity index (χ0v) is 21.3. The van der Waals surface area contributed by atoms with Crippen molar-refractivity contribution in [3.63, 3.8) is 0 Å². The first kappa shape index (κ1) is 25.4. The summed E-state index contributed by atoms with van der Waals surface area (Å²) in [4.78, 5) is 13.5. The molecular weight excluding hydrogens is 507 g/mol. The van der Waals surface area contributed by atoms with Crippen molar-refractivity contribution in [1.82, 2.24) is 0 Å². The number of hydrogen-bond acceptors (Lipinski definition) is 6. The molecule has 5 rings (SSSR count). The summed E-state index contributed by atoms with van der Waals surface area (Å²) in [5, 5.41) is 10.2. The van der Waals surface area contributed by atoms with Crippen LogP contribution < -0.4 is 15.2 Å². The van der Waals surface area contributed by atoms with E-state index in [-0.39, 0.29) is 40.4 Å². The van der Waals surface area contributed by atoms with E-state index >= 15 is 0 Å². The minimum atomic E-state index is -0.711. The van der Waals surface area contributed by atoms with Gasteiger partial charge in [0.05, 0.1) is 18.1 Å². The molecule has 3 aromatic rings. The van der Waals surface area contributed by atoms with Crippen molar-refractivity contribution < 1.29 is 23.4 Å². The van der Waals surface area contributed by atoms with Gasteiger partial charge < -0.3 is 19.9 Å². The lowest BCUT2D eigenvalue weighted by Crippen LogP contribution is -2.29. The molecule has 1 aliphatic carbocycles. The zero-order chi connectivity index (χ0) is 26.8. The summed E-state index contributed by atoms with van der Waals surface area (Å²) in [5.74, 6) is -0.169. The molecule has 0 fully saturated rings. The van der Waals surface area contributed by atoms with Crippen LogP contribution in [0.5, 0.6) is 11.5 Å². The Bertz CT molecular complexity index is 1490. The summed E-state index contributed by atoms with van der Waals surface area (Å²) in [6.45, 7) is -0.108. The van der Waals surface area contributed by atoms with Crippen LogP contribution in [0.25, 0.3) is 0 Å². The first-order valence-corrected chi connectivity index (χ1v) is 12.4. The summed E-state index contributed by atoms with van der Waals surface area (Å²) >= 11 is 6.12. The van der Waals surface area contributed by atoms with Crippen molar-refractivity contribution in [2.45, 2.75) is 31.3 Å². The van der Waals surface area contributed by atoms with Gasteiger partial charge in [0, 0.05) is 24.0 Å². The first-order valence-electron chi connectivity index (χ1n) is 12.0. The Hall–Kier alpha value is -4.28. The Morgan fingerprint density at radius 3 is 2.58 bits per heavy atom. The Kier molecular flexibility index (Phi) is 7.08. The lowest BCUT2D eigenvalue weighted by molar-refractivity contribution is -0.117. The standard InChI is InChI=1S/C30H24ClFN2O4/c1-36-26-13-18(10-11-25(26)37-16-21-22(31)8-5-9-23(21)32)28-20(15-33)30(34)38-27-14-19(12-24(35)29(27)28)17-6-3-2-4-7-17/h2-11,13,19,28H,12,14,16,34H2,1H3/t19-,28+/m1/s1. The largest absolute Gasteiger partial charge is 0.493 e. The van der Waals surface area contributed by atoms with Gasteiger partial charge in [-0.25, -0.2) is 4.39 Å². The molecule has 2 N–H and O–H groups in total. The molecule has 8 heteroatoms. The Balaban J connectivity index is 1.49. The second kappa shape index (κ2) is 10.6. The summed E-state index contributed by atoms with van der Waals surface area (Å²) < 4.78 is 31.4. The smallest absolute Gasteiger partial charge is 0.205 e. The van der Waals surface area contributed by atoms with Gasteiger partial charge in [-0.1, -0.05) is 54.1 Å². The number of methoxy groups -OCH3 is 1. The van der Waals surface area contributed by atoms with Crippen molar-refractivity contribution in [3.05, 3.63) is 117 Å². The molecule has 0 spiro atoms.